The number of aliphatic hydroxyl groups is 1. The summed E-state index contributed by atoms with van der Waals surface area (Å²) in [6.45, 7) is 5.90. The molecule has 2 aromatic rings. The number of hydrogen-bond acceptors (Lipinski definition) is 3. The maximum atomic E-state index is 9.19. The Morgan fingerprint density at radius 2 is 1.74 bits per heavy atom. The van der Waals surface area contributed by atoms with Gasteiger partial charge in [0, 0.05) is 16.2 Å². The van der Waals surface area contributed by atoms with E-state index < -0.39 is 0 Å². The summed E-state index contributed by atoms with van der Waals surface area (Å²) in [5.41, 5.74) is 3.86. The van der Waals surface area contributed by atoms with Gasteiger partial charge in [-0.1, -0.05) is 15.9 Å². The van der Waals surface area contributed by atoms with Gasteiger partial charge in [-0.15, -0.1) is 0 Å². The number of halogens is 1. The van der Waals surface area contributed by atoms with Crippen LogP contribution in [0.1, 0.15) is 22.4 Å². The van der Waals surface area contributed by atoms with Crippen molar-refractivity contribution >= 4 is 15.9 Å². The second-order valence-corrected chi connectivity index (χ2v) is 5.38. The molecule has 0 spiro atoms. The third-order valence-corrected chi connectivity index (χ3v) is 4.06. The van der Waals surface area contributed by atoms with Gasteiger partial charge in [0.1, 0.15) is 5.75 Å². The largest absolute Gasteiger partial charge is 0.439 e. The topological polar surface area (TPSA) is 42.4 Å². The van der Waals surface area contributed by atoms with Gasteiger partial charge in [-0.05, 0) is 55.7 Å². The summed E-state index contributed by atoms with van der Waals surface area (Å²) < 4.78 is 6.87. The molecule has 0 saturated carbocycles. The molecule has 0 saturated heterocycles. The summed E-state index contributed by atoms with van der Waals surface area (Å²) in [7, 11) is 0. The van der Waals surface area contributed by atoms with Crippen LogP contribution in [0.2, 0.25) is 0 Å². The lowest BCUT2D eigenvalue weighted by atomic mass is 10.1. The maximum Gasteiger partial charge on any atom is 0.219 e. The predicted octanol–water partition coefficient (Wildman–Crippen LogP) is 4.05. The summed E-state index contributed by atoms with van der Waals surface area (Å²) in [4.78, 5) is 4.31. The second kappa shape index (κ2) is 5.72. The zero-order valence-electron chi connectivity index (χ0n) is 11.2. The van der Waals surface area contributed by atoms with Gasteiger partial charge < -0.3 is 9.84 Å². The van der Waals surface area contributed by atoms with Gasteiger partial charge in [0.25, 0.3) is 0 Å². The fourth-order valence-corrected chi connectivity index (χ4v) is 2.17. The number of aromatic nitrogens is 1. The van der Waals surface area contributed by atoms with Gasteiger partial charge in [0.15, 0.2) is 0 Å². The lowest BCUT2D eigenvalue weighted by Crippen LogP contribution is -1.95. The first-order valence-electron chi connectivity index (χ1n) is 6.02. The van der Waals surface area contributed by atoms with Gasteiger partial charge in [0.2, 0.25) is 5.88 Å². The molecular formula is C15H16BrNO2. The van der Waals surface area contributed by atoms with Crippen molar-refractivity contribution in [2.45, 2.75) is 27.4 Å². The van der Waals surface area contributed by atoms with Crippen LogP contribution in [-0.4, -0.2) is 10.1 Å². The predicted molar refractivity (Wildman–Crippen MR) is 78.6 cm³/mol. The third kappa shape index (κ3) is 3.33. The van der Waals surface area contributed by atoms with Gasteiger partial charge in [-0.25, -0.2) is 4.98 Å². The van der Waals surface area contributed by atoms with Crippen LogP contribution in [0.15, 0.2) is 28.7 Å². The van der Waals surface area contributed by atoms with Crippen molar-refractivity contribution in [2.24, 2.45) is 0 Å². The van der Waals surface area contributed by atoms with Crippen LogP contribution in [0.3, 0.4) is 0 Å². The van der Waals surface area contributed by atoms with Gasteiger partial charge >= 0.3 is 0 Å². The standard InChI is InChI=1S/C15H16BrNO2/c1-9-4-13(5-10(2)15(9)16)19-14-7-12(8-18)6-11(3)17-14/h4-7,18H,8H2,1-3H3. The van der Waals surface area contributed by atoms with Crippen molar-refractivity contribution in [2.75, 3.05) is 0 Å². The highest BCUT2D eigenvalue weighted by atomic mass is 79.9. The maximum absolute atomic E-state index is 9.19. The highest BCUT2D eigenvalue weighted by molar-refractivity contribution is 9.10. The van der Waals surface area contributed by atoms with Crippen molar-refractivity contribution in [1.29, 1.82) is 0 Å². The lowest BCUT2D eigenvalue weighted by Gasteiger charge is -2.10. The van der Waals surface area contributed by atoms with E-state index >= 15 is 0 Å². The molecule has 4 heteroatoms. The van der Waals surface area contributed by atoms with Crippen LogP contribution in [-0.2, 0) is 6.61 Å². The minimum Gasteiger partial charge on any atom is -0.439 e. The van der Waals surface area contributed by atoms with Crippen molar-refractivity contribution in [3.05, 3.63) is 51.1 Å². The first-order valence-corrected chi connectivity index (χ1v) is 6.82. The first-order chi connectivity index (χ1) is 8.99. The number of pyridine rings is 1. The van der Waals surface area contributed by atoms with Crippen molar-refractivity contribution < 1.29 is 9.84 Å². The lowest BCUT2D eigenvalue weighted by molar-refractivity contribution is 0.281. The zero-order valence-corrected chi connectivity index (χ0v) is 12.8. The van der Waals surface area contributed by atoms with Gasteiger partial charge in [-0.3, -0.25) is 0 Å². The summed E-state index contributed by atoms with van der Waals surface area (Å²) in [6.07, 6.45) is 0. The number of nitrogens with zero attached hydrogens (tertiary/aromatic N) is 1. The molecule has 0 aliphatic carbocycles. The number of benzene rings is 1. The molecule has 0 amide bonds. The number of aryl methyl sites for hydroxylation is 3. The molecule has 1 aromatic carbocycles. The molecule has 0 radical (unpaired) electrons. The number of hydrogen-bond donors (Lipinski definition) is 1. The normalized spacial score (nSPS) is 10.6. The van der Waals surface area contributed by atoms with Crippen LogP contribution >= 0.6 is 15.9 Å². The van der Waals surface area contributed by atoms with Gasteiger partial charge in [-0.2, -0.15) is 0 Å². The Kier molecular flexibility index (Phi) is 4.22. The van der Waals surface area contributed by atoms with E-state index in [0.717, 1.165) is 32.6 Å². The average Bonchev–Trinajstić information content (AvgIpc) is 2.35. The van der Waals surface area contributed by atoms with Crippen molar-refractivity contribution in [3.63, 3.8) is 0 Å². The van der Waals surface area contributed by atoms with E-state index in [9.17, 15) is 5.11 Å². The number of rotatable bonds is 3. The van der Waals surface area contributed by atoms with E-state index in [1.54, 1.807) is 6.07 Å². The van der Waals surface area contributed by atoms with Crippen LogP contribution in [0.25, 0.3) is 0 Å². The molecule has 0 fully saturated rings. The molecule has 0 aliphatic rings. The van der Waals surface area contributed by atoms with E-state index in [2.05, 4.69) is 20.9 Å². The monoisotopic (exact) mass is 321 g/mol. The minimum atomic E-state index is -0.0158. The molecule has 1 heterocycles. The van der Waals surface area contributed by atoms with Crippen molar-refractivity contribution in [1.82, 2.24) is 4.98 Å². The quantitative estimate of drug-likeness (QED) is 0.927. The second-order valence-electron chi connectivity index (χ2n) is 4.59. The summed E-state index contributed by atoms with van der Waals surface area (Å²) in [6, 6.07) is 7.50. The molecule has 0 bridgehead atoms. The highest BCUT2D eigenvalue weighted by Crippen LogP contribution is 2.29. The molecule has 2 rings (SSSR count). The molecule has 0 atom stereocenters. The third-order valence-electron chi connectivity index (χ3n) is 2.80. The molecule has 0 unspecified atom stereocenters. The smallest absolute Gasteiger partial charge is 0.219 e. The Balaban J connectivity index is 2.33. The zero-order chi connectivity index (χ0) is 14.0. The molecule has 100 valence electrons. The Bertz CT molecular complexity index is 588. The van der Waals surface area contributed by atoms with Crippen LogP contribution < -0.4 is 4.74 Å². The molecule has 1 N–H and O–H groups in total. The van der Waals surface area contributed by atoms with E-state index in [-0.39, 0.29) is 6.61 Å². The average molecular weight is 322 g/mol. The minimum absolute atomic E-state index is 0.0158. The van der Waals surface area contributed by atoms with Gasteiger partial charge in [0.05, 0.1) is 6.61 Å². The van der Waals surface area contributed by atoms with Crippen LogP contribution in [0.5, 0.6) is 11.6 Å². The summed E-state index contributed by atoms with van der Waals surface area (Å²) >= 11 is 3.53. The van der Waals surface area contributed by atoms with E-state index in [4.69, 9.17) is 4.74 Å². The van der Waals surface area contributed by atoms with E-state index in [1.165, 1.54) is 0 Å². The summed E-state index contributed by atoms with van der Waals surface area (Å²) in [5, 5.41) is 9.19. The first kappa shape index (κ1) is 14.0. The van der Waals surface area contributed by atoms with E-state index in [1.807, 2.05) is 39.0 Å². The fraction of sp³-hybridized carbons (Fsp3) is 0.267. The summed E-state index contributed by atoms with van der Waals surface area (Å²) in [5.74, 6) is 1.25. The molecular weight excluding hydrogens is 306 g/mol. The molecule has 0 aliphatic heterocycles. The highest BCUT2D eigenvalue weighted by Gasteiger charge is 2.06. The number of aliphatic hydroxyl groups excluding tert-OH is 1. The Hall–Kier alpha value is -1.39. The Morgan fingerprint density at radius 3 is 2.32 bits per heavy atom. The Morgan fingerprint density at radius 1 is 1.11 bits per heavy atom. The van der Waals surface area contributed by atoms with Crippen LogP contribution in [0, 0.1) is 20.8 Å². The molecule has 3 nitrogen and oxygen atoms in total. The van der Waals surface area contributed by atoms with E-state index in [0.29, 0.717) is 5.88 Å². The molecule has 19 heavy (non-hydrogen) atoms. The van der Waals surface area contributed by atoms with Crippen molar-refractivity contribution in [3.8, 4) is 11.6 Å². The number of ether oxygens (including phenoxy) is 1. The van der Waals surface area contributed by atoms with Crippen LogP contribution in [0.4, 0.5) is 0 Å². The Labute approximate surface area is 121 Å². The fourth-order valence-electron chi connectivity index (χ4n) is 1.94. The SMILES string of the molecule is Cc1cc(CO)cc(Oc2cc(C)c(Br)c(C)c2)n1. The molecule has 1 aromatic heterocycles.